The van der Waals surface area contributed by atoms with Crippen molar-refractivity contribution in [2.75, 3.05) is 39.3 Å². The van der Waals surface area contributed by atoms with Crippen LogP contribution in [0.15, 0.2) is 30.3 Å². The average Bonchev–Trinajstić information content (AvgIpc) is 3.47. The summed E-state index contributed by atoms with van der Waals surface area (Å²) in [6.45, 7) is 7.92. The molecule has 28 heavy (non-hydrogen) atoms. The van der Waals surface area contributed by atoms with Gasteiger partial charge in [-0.3, -0.25) is 4.79 Å². The summed E-state index contributed by atoms with van der Waals surface area (Å²) in [5, 5.41) is 4.55. The van der Waals surface area contributed by atoms with Crippen LogP contribution in [-0.4, -0.2) is 64.8 Å². The molecule has 1 aromatic carbocycles. The van der Waals surface area contributed by atoms with Gasteiger partial charge in [-0.2, -0.15) is 5.10 Å². The van der Waals surface area contributed by atoms with Crippen LogP contribution in [0.5, 0.6) is 5.75 Å². The van der Waals surface area contributed by atoms with Crippen molar-refractivity contribution in [2.45, 2.75) is 39.0 Å². The first kappa shape index (κ1) is 19.0. The minimum absolute atomic E-state index is 0.0698. The number of carbonyl (C=O) groups excluding carboxylic acids is 1. The number of amides is 1. The molecule has 0 aliphatic carbocycles. The molecule has 1 amide bonds. The average molecular weight is 383 g/mol. The summed E-state index contributed by atoms with van der Waals surface area (Å²) in [5.41, 5.74) is 2.38. The molecule has 0 unspecified atom stereocenters. The number of aryl methyl sites for hydroxylation is 1. The molecule has 3 heterocycles. The maximum atomic E-state index is 12.8. The zero-order valence-electron chi connectivity index (χ0n) is 16.8. The smallest absolute Gasteiger partial charge is 0.272 e. The molecule has 0 spiro atoms. The van der Waals surface area contributed by atoms with Crippen molar-refractivity contribution in [2.24, 2.45) is 0 Å². The highest BCUT2D eigenvalue weighted by molar-refractivity contribution is 5.93. The standard InChI is InChI=1S/C22H30N4O2/c1-18-17-21(22(27)25-14-4-5-15-25)26(23-18)19-7-9-20(10-8-19)28-16-6-13-24-11-2-3-12-24/h7-10,17H,2-6,11-16H2,1H3. The zero-order chi connectivity index (χ0) is 19.3. The van der Waals surface area contributed by atoms with Gasteiger partial charge in [0, 0.05) is 19.6 Å². The molecule has 150 valence electrons. The summed E-state index contributed by atoms with van der Waals surface area (Å²) < 4.78 is 7.65. The second-order valence-corrected chi connectivity index (χ2v) is 7.83. The summed E-state index contributed by atoms with van der Waals surface area (Å²) in [4.78, 5) is 17.3. The number of carbonyl (C=O) groups is 1. The van der Waals surface area contributed by atoms with Crippen molar-refractivity contribution in [3.63, 3.8) is 0 Å². The molecule has 6 nitrogen and oxygen atoms in total. The van der Waals surface area contributed by atoms with E-state index in [4.69, 9.17) is 4.74 Å². The molecule has 2 aliphatic heterocycles. The Morgan fingerprint density at radius 2 is 1.71 bits per heavy atom. The molecule has 0 N–H and O–H groups in total. The maximum Gasteiger partial charge on any atom is 0.272 e. The van der Waals surface area contributed by atoms with E-state index in [9.17, 15) is 4.79 Å². The van der Waals surface area contributed by atoms with Gasteiger partial charge < -0.3 is 14.5 Å². The number of aromatic nitrogens is 2. The third-order valence-electron chi connectivity index (χ3n) is 5.61. The fraction of sp³-hybridized carbons (Fsp3) is 0.545. The molecule has 6 heteroatoms. The lowest BCUT2D eigenvalue weighted by atomic mass is 10.2. The lowest BCUT2D eigenvalue weighted by molar-refractivity contribution is 0.0784. The van der Waals surface area contributed by atoms with E-state index >= 15 is 0 Å². The highest BCUT2D eigenvalue weighted by Gasteiger charge is 2.24. The predicted molar refractivity (Wildman–Crippen MR) is 109 cm³/mol. The van der Waals surface area contributed by atoms with Gasteiger partial charge in [0.1, 0.15) is 11.4 Å². The first-order valence-electron chi connectivity index (χ1n) is 10.5. The highest BCUT2D eigenvalue weighted by atomic mass is 16.5. The number of benzene rings is 1. The second-order valence-electron chi connectivity index (χ2n) is 7.83. The van der Waals surface area contributed by atoms with Crippen LogP contribution in [0.2, 0.25) is 0 Å². The van der Waals surface area contributed by atoms with Crippen LogP contribution in [-0.2, 0) is 0 Å². The Bertz CT molecular complexity index is 787. The Kier molecular flexibility index (Phi) is 5.95. The molecule has 2 aliphatic rings. The van der Waals surface area contributed by atoms with E-state index in [-0.39, 0.29) is 5.91 Å². The van der Waals surface area contributed by atoms with Gasteiger partial charge in [0.05, 0.1) is 18.0 Å². The van der Waals surface area contributed by atoms with Crippen LogP contribution in [0.4, 0.5) is 0 Å². The molecule has 0 bridgehead atoms. The molecule has 2 aromatic rings. The Morgan fingerprint density at radius 1 is 1.04 bits per heavy atom. The van der Waals surface area contributed by atoms with Crippen LogP contribution in [0, 0.1) is 6.92 Å². The van der Waals surface area contributed by atoms with E-state index in [0.29, 0.717) is 5.69 Å². The maximum absolute atomic E-state index is 12.8. The largest absolute Gasteiger partial charge is 0.494 e. The zero-order valence-corrected chi connectivity index (χ0v) is 16.8. The van der Waals surface area contributed by atoms with E-state index in [1.54, 1.807) is 4.68 Å². The monoisotopic (exact) mass is 382 g/mol. The summed E-state index contributed by atoms with van der Waals surface area (Å²) in [6, 6.07) is 9.76. The number of hydrogen-bond acceptors (Lipinski definition) is 4. The quantitative estimate of drug-likeness (QED) is 0.690. The molecule has 2 saturated heterocycles. The summed E-state index contributed by atoms with van der Waals surface area (Å²) in [5.74, 6) is 0.932. The Labute approximate surface area is 167 Å². The van der Waals surface area contributed by atoms with Crippen LogP contribution in [0.1, 0.15) is 48.3 Å². The molecule has 0 atom stereocenters. The molecule has 1 aromatic heterocycles. The van der Waals surface area contributed by atoms with E-state index in [1.165, 1.54) is 25.9 Å². The van der Waals surface area contributed by atoms with Crippen LogP contribution < -0.4 is 4.74 Å². The number of nitrogens with zero attached hydrogens (tertiary/aromatic N) is 4. The summed E-state index contributed by atoms with van der Waals surface area (Å²) >= 11 is 0. The Hall–Kier alpha value is -2.34. The van der Waals surface area contributed by atoms with E-state index < -0.39 is 0 Å². The molecular formula is C22H30N4O2. The van der Waals surface area contributed by atoms with Gasteiger partial charge in [0.15, 0.2) is 0 Å². The number of hydrogen-bond donors (Lipinski definition) is 0. The van der Waals surface area contributed by atoms with Gasteiger partial charge in [-0.25, -0.2) is 4.68 Å². The van der Waals surface area contributed by atoms with Crippen LogP contribution in [0.25, 0.3) is 5.69 Å². The second kappa shape index (κ2) is 8.78. The van der Waals surface area contributed by atoms with Crippen molar-refractivity contribution in [3.05, 3.63) is 41.7 Å². The SMILES string of the molecule is Cc1cc(C(=O)N2CCCC2)n(-c2ccc(OCCCN3CCCC3)cc2)n1. The van der Waals surface area contributed by atoms with Crippen LogP contribution >= 0.6 is 0 Å². The van der Waals surface area contributed by atoms with Gasteiger partial charge in [0.25, 0.3) is 5.91 Å². The predicted octanol–water partition coefficient (Wildman–Crippen LogP) is 3.28. The number of likely N-dealkylation sites (tertiary alicyclic amines) is 2. The normalized spacial score (nSPS) is 17.4. The number of rotatable bonds is 7. The topological polar surface area (TPSA) is 50.6 Å². The third-order valence-corrected chi connectivity index (χ3v) is 5.61. The lowest BCUT2D eigenvalue weighted by Gasteiger charge is -2.16. The number of ether oxygens (including phenoxy) is 1. The minimum atomic E-state index is 0.0698. The minimum Gasteiger partial charge on any atom is -0.494 e. The Balaban J connectivity index is 1.37. The van der Waals surface area contributed by atoms with Gasteiger partial charge in [0.2, 0.25) is 0 Å². The summed E-state index contributed by atoms with van der Waals surface area (Å²) in [7, 11) is 0. The van der Waals surface area contributed by atoms with E-state index in [0.717, 1.165) is 62.6 Å². The molecule has 0 radical (unpaired) electrons. The molecule has 0 saturated carbocycles. The third kappa shape index (κ3) is 4.38. The van der Waals surface area contributed by atoms with Gasteiger partial charge in [-0.1, -0.05) is 0 Å². The Morgan fingerprint density at radius 3 is 2.43 bits per heavy atom. The molecule has 4 rings (SSSR count). The first-order valence-corrected chi connectivity index (χ1v) is 10.5. The van der Waals surface area contributed by atoms with E-state index in [1.807, 2.05) is 42.2 Å². The van der Waals surface area contributed by atoms with Crippen molar-refractivity contribution in [1.82, 2.24) is 19.6 Å². The fourth-order valence-corrected chi connectivity index (χ4v) is 4.10. The molecule has 2 fully saturated rings. The highest BCUT2D eigenvalue weighted by Crippen LogP contribution is 2.20. The van der Waals surface area contributed by atoms with Gasteiger partial charge in [-0.15, -0.1) is 0 Å². The van der Waals surface area contributed by atoms with Crippen molar-refractivity contribution < 1.29 is 9.53 Å². The lowest BCUT2D eigenvalue weighted by Crippen LogP contribution is -2.29. The van der Waals surface area contributed by atoms with Crippen molar-refractivity contribution >= 4 is 5.91 Å². The van der Waals surface area contributed by atoms with Gasteiger partial charge in [-0.05, 0) is 82.4 Å². The molecular weight excluding hydrogens is 352 g/mol. The first-order chi connectivity index (χ1) is 13.7. The van der Waals surface area contributed by atoms with Gasteiger partial charge >= 0.3 is 0 Å². The van der Waals surface area contributed by atoms with Crippen molar-refractivity contribution in [1.29, 1.82) is 0 Å². The summed E-state index contributed by atoms with van der Waals surface area (Å²) in [6.07, 6.45) is 5.88. The fourth-order valence-electron chi connectivity index (χ4n) is 4.10. The van der Waals surface area contributed by atoms with Crippen LogP contribution in [0.3, 0.4) is 0 Å². The van der Waals surface area contributed by atoms with E-state index in [2.05, 4.69) is 10.00 Å². The van der Waals surface area contributed by atoms with Crippen molar-refractivity contribution in [3.8, 4) is 11.4 Å².